The molecule has 0 radical (unpaired) electrons. The molecule has 3 aromatic rings. The smallest absolute Gasteiger partial charge is 0.386 e. The number of fused-ring (bicyclic) bond motifs is 1. The molecule has 0 unspecified atom stereocenters. The van der Waals surface area contributed by atoms with E-state index in [0.29, 0.717) is 36.9 Å². The van der Waals surface area contributed by atoms with Crippen molar-refractivity contribution >= 4 is 35.1 Å². The monoisotopic (exact) mass is 535 g/mol. The molecule has 13 heteroatoms. The number of nitrogens with zero attached hydrogens (tertiary/aromatic N) is 3. The topological polar surface area (TPSA) is 120 Å². The third kappa shape index (κ3) is 6.15. The highest BCUT2D eigenvalue weighted by Crippen LogP contribution is 2.33. The molecule has 0 spiro atoms. The van der Waals surface area contributed by atoms with E-state index in [1.807, 2.05) is 13.8 Å². The van der Waals surface area contributed by atoms with Crippen molar-refractivity contribution in [2.75, 3.05) is 34.9 Å². The van der Waals surface area contributed by atoms with Crippen LogP contribution < -0.4 is 21.3 Å². The molecule has 8 nitrogen and oxygen atoms in total. The van der Waals surface area contributed by atoms with Gasteiger partial charge in [0.1, 0.15) is 29.6 Å². The maximum Gasteiger partial charge on any atom is 0.416 e. The number of benzene rings is 2. The minimum atomic E-state index is -4.43. The predicted octanol–water partition coefficient (Wildman–Crippen LogP) is 4.84. The Bertz CT molecular complexity index is 1340. The minimum absolute atomic E-state index is 0.0619. The molecular weight excluding hydrogens is 509 g/mol. The average molecular weight is 536 g/mol. The largest absolute Gasteiger partial charge is 0.416 e. The summed E-state index contributed by atoms with van der Waals surface area (Å²) >= 11 is 0. The van der Waals surface area contributed by atoms with Gasteiger partial charge < -0.3 is 21.3 Å². The van der Waals surface area contributed by atoms with Crippen molar-refractivity contribution in [1.29, 1.82) is 5.41 Å². The number of hydrogen-bond donors (Lipinski definition) is 4. The number of carbonyl (C=O) groups is 1. The molecule has 0 bridgehead atoms. The van der Waals surface area contributed by atoms with Crippen LogP contribution in [0, 0.1) is 17.0 Å². The highest BCUT2D eigenvalue weighted by molar-refractivity contribution is 6.16. The van der Waals surface area contributed by atoms with E-state index in [0.717, 1.165) is 17.7 Å². The fourth-order valence-electron chi connectivity index (χ4n) is 3.79. The van der Waals surface area contributed by atoms with Gasteiger partial charge in [0, 0.05) is 30.9 Å². The number of amides is 1. The van der Waals surface area contributed by atoms with E-state index in [9.17, 15) is 26.7 Å². The molecule has 1 amide bonds. The van der Waals surface area contributed by atoms with Crippen molar-refractivity contribution in [2.45, 2.75) is 32.5 Å². The van der Waals surface area contributed by atoms with Crippen molar-refractivity contribution in [3.8, 4) is 0 Å². The van der Waals surface area contributed by atoms with Gasteiger partial charge in [-0.3, -0.25) is 10.2 Å². The van der Waals surface area contributed by atoms with Crippen molar-refractivity contribution in [1.82, 2.24) is 9.97 Å². The first-order valence-electron chi connectivity index (χ1n) is 11.4. The number of nitrogen functional groups attached to an aromatic ring is 1. The zero-order valence-electron chi connectivity index (χ0n) is 20.8. The van der Waals surface area contributed by atoms with Crippen LogP contribution >= 0.6 is 0 Å². The van der Waals surface area contributed by atoms with Crippen molar-refractivity contribution < 1.29 is 26.7 Å². The van der Waals surface area contributed by atoms with Gasteiger partial charge in [-0.05, 0) is 56.2 Å². The molecule has 202 valence electrons. The highest BCUT2D eigenvalue weighted by Gasteiger charge is 2.31. The van der Waals surface area contributed by atoms with Crippen LogP contribution in [0.5, 0.6) is 0 Å². The number of hydrogen-bond acceptors (Lipinski definition) is 7. The second-order valence-corrected chi connectivity index (χ2v) is 8.61. The minimum Gasteiger partial charge on any atom is -0.386 e. The van der Waals surface area contributed by atoms with Gasteiger partial charge in [-0.1, -0.05) is 0 Å². The van der Waals surface area contributed by atoms with Gasteiger partial charge in [0.2, 0.25) is 6.41 Å². The van der Waals surface area contributed by atoms with Crippen molar-refractivity contribution in [3.05, 3.63) is 70.5 Å². The lowest BCUT2D eigenvalue weighted by Gasteiger charge is -2.17. The Labute approximate surface area is 215 Å². The van der Waals surface area contributed by atoms with Gasteiger partial charge in [-0.2, -0.15) is 13.2 Å². The summed E-state index contributed by atoms with van der Waals surface area (Å²) in [4.78, 5) is 20.6. The molecule has 1 aliphatic rings. The zero-order chi connectivity index (χ0) is 28.2. The summed E-state index contributed by atoms with van der Waals surface area (Å²) in [6.45, 7) is 4.36. The van der Waals surface area contributed by atoms with Crippen LogP contribution in [0.3, 0.4) is 0 Å². The fraction of sp³-hybridized carbons (Fsp3) is 0.280. The lowest BCUT2D eigenvalue weighted by atomic mass is 9.99. The summed E-state index contributed by atoms with van der Waals surface area (Å²) < 4.78 is 63.6. The molecule has 2 aromatic carbocycles. The number of carbonyl (C=O) groups excluding carboxylic acids is 1. The Morgan fingerprint density at radius 3 is 2.47 bits per heavy atom. The van der Waals surface area contributed by atoms with Gasteiger partial charge in [0.25, 0.3) is 0 Å². The maximum atomic E-state index is 14.6. The normalized spacial score (nSPS) is 12.5. The van der Waals surface area contributed by atoms with E-state index >= 15 is 0 Å². The van der Waals surface area contributed by atoms with E-state index in [2.05, 4.69) is 20.6 Å². The first-order chi connectivity index (χ1) is 17.9. The molecule has 38 heavy (non-hydrogen) atoms. The zero-order valence-corrected chi connectivity index (χ0v) is 20.8. The first-order valence-corrected chi connectivity index (χ1v) is 11.4. The van der Waals surface area contributed by atoms with Crippen LogP contribution in [-0.2, 0) is 17.4 Å². The third-order valence-corrected chi connectivity index (χ3v) is 5.61. The number of anilines is 4. The first kappa shape index (κ1) is 28.3. The average Bonchev–Trinajstić information content (AvgIpc) is 3.24. The Morgan fingerprint density at radius 2 is 1.87 bits per heavy atom. The summed E-state index contributed by atoms with van der Waals surface area (Å²) in [7, 11) is 1.36. The quantitative estimate of drug-likeness (QED) is 0.204. The van der Waals surface area contributed by atoms with Gasteiger partial charge in [0.05, 0.1) is 22.5 Å². The van der Waals surface area contributed by atoms with Crippen molar-refractivity contribution in [3.63, 3.8) is 0 Å². The van der Waals surface area contributed by atoms with E-state index < -0.39 is 23.4 Å². The van der Waals surface area contributed by atoms with E-state index in [1.165, 1.54) is 24.3 Å². The summed E-state index contributed by atoms with van der Waals surface area (Å²) in [6.07, 6.45) is -1.83. The van der Waals surface area contributed by atoms with Gasteiger partial charge >= 0.3 is 6.18 Å². The molecule has 0 saturated heterocycles. The molecule has 0 aliphatic carbocycles. The van der Waals surface area contributed by atoms with Gasteiger partial charge in [0.15, 0.2) is 0 Å². The molecule has 0 fully saturated rings. The number of alkyl halides is 3. The maximum absolute atomic E-state index is 14.6. The van der Waals surface area contributed by atoms with E-state index in [-0.39, 0.29) is 34.4 Å². The number of nitrogens with two attached hydrogens (primary N) is 1. The molecule has 1 aliphatic heterocycles. The van der Waals surface area contributed by atoms with Gasteiger partial charge in [-0.25, -0.2) is 18.7 Å². The second kappa shape index (κ2) is 11.4. The third-order valence-electron chi connectivity index (χ3n) is 5.61. The predicted molar refractivity (Wildman–Crippen MR) is 136 cm³/mol. The standard InChI is InChI=1S/C17H19FN6O.C8H7F4N/c1-9(2)23-17-14(16(20)21-7-22-17)15(19)11-5-10-3-4-24(8-25)13(10)6-12(11)18;1-13-7-4-5(8(10,11)12)2-3-6(7)9/h5-9,19H,3-4H2,1-2H3,(H3,20,21,22,23);2-4,13H,1H3. The van der Waals surface area contributed by atoms with E-state index in [1.54, 1.807) is 6.07 Å². The molecule has 5 N–H and O–H groups in total. The number of halogens is 5. The number of rotatable bonds is 6. The Balaban J connectivity index is 0.000000260. The van der Waals surface area contributed by atoms with E-state index in [4.69, 9.17) is 11.1 Å². The second-order valence-electron chi connectivity index (χ2n) is 8.61. The summed E-state index contributed by atoms with van der Waals surface area (Å²) in [5, 5.41) is 13.9. The van der Waals surface area contributed by atoms with Crippen LogP contribution in [-0.4, -0.2) is 41.7 Å². The van der Waals surface area contributed by atoms with Crippen LogP contribution in [0.15, 0.2) is 36.7 Å². The lowest BCUT2D eigenvalue weighted by molar-refractivity contribution is -0.137. The van der Waals surface area contributed by atoms with Gasteiger partial charge in [-0.15, -0.1) is 0 Å². The van der Waals surface area contributed by atoms with Crippen molar-refractivity contribution in [2.24, 2.45) is 0 Å². The highest BCUT2D eigenvalue weighted by atomic mass is 19.4. The number of aromatic nitrogens is 2. The molecule has 4 rings (SSSR count). The molecular formula is C25H26F5N7O. The van der Waals surface area contributed by atoms with Crippen LogP contribution in [0.2, 0.25) is 0 Å². The molecule has 0 atom stereocenters. The SMILES string of the molecule is CC(C)Nc1ncnc(N)c1C(=N)c1cc2c(cc1F)N(C=O)CC2.CNc1cc(C(F)(F)F)ccc1F. The molecule has 2 heterocycles. The van der Waals surface area contributed by atoms with Crippen LogP contribution in [0.25, 0.3) is 0 Å². The lowest BCUT2D eigenvalue weighted by Crippen LogP contribution is -2.19. The summed E-state index contributed by atoms with van der Waals surface area (Å²) in [5.41, 5.74) is 6.56. The number of nitrogens with one attached hydrogen (secondary N) is 3. The Kier molecular flexibility index (Phi) is 8.49. The molecule has 0 saturated carbocycles. The van der Waals surface area contributed by atoms with Crippen LogP contribution in [0.4, 0.5) is 45.0 Å². The van der Waals surface area contributed by atoms with Crippen LogP contribution in [0.1, 0.15) is 36.1 Å². The fourth-order valence-corrected chi connectivity index (χ4v) is 3.79. The molecule has 1 aromatic heterocycles. The summed E-state index contributed by atoms with van der Waals surface area (Å²) in [6, 6.07) is 5.17. The summed E-state index contributed by atoms with van der Waals surface area (Å²) in [5.74, 6) is -0.786. The Morgan fingerprint density at radius 1 is 1.16 bits per heavy atom. The Hall–Kier alpha value is -4.29.